The molecule has 0 spiro atoms. The molecule has 1 aliphatic rings. The second-order valence-corrected chi connectivity index (χ2v) is 8.39. The summed E-state index contributed by atoms with van der Waals surface area (Å²) >= 11 is 0. The van der Waals surface area contributed by atoms with Gasteiger partial charge in [-0.1, -0.05) is 13.0 Å². The number of imidazole rings is 1. The predicted molar refractivity (Wildman–Crippen MR) is 87.9 cm³/mol. The van der Waals surface area contributed by atoms with Gasteiger partial charge < -0.3 is 4.98 Å². The molecule has 0 aromatic carbocycles. The first-order valence-corrected chi connectivity index (χ1v) is 9.62. The lowest BCUT2D eigenvalue weighted by molar-refractivity contribution is -0.137. The molecule has 0 bridgehead atoms. The second kappa shape index (κ2) is 6.61. The van der Waals surface area contributed by atoms with Gasteiger partial charge in [0, 0.05) is 6.20 Å². The summed E-state index contributed by atoms with van der Waals surface area (Å²) in [4.78, 5) is 9.72. The van der Waals surface area contributed by atoms with Crippen molar-refractivity contribution >= 4 is 21.0 Å². The highest BCUT2D eigenvalue weighted by Gasteiger charge is 2.39. The molecule has 2 heterocycles. The monoisotopic (exact) mass is 425 g/mol. The van der Waals surface area contributed by atoms with Gasteiger partial charge in [0.05, 0.1) is 27.7 Å². The first-order chi connectivity index (χ1) is 12.8. The first kappa shape index (κ1) is 20.4. The molecule has 12 heteroatoms. The SMILES string of the molecule is CCS(=O)(=O)C1=CC(C(F)(F)F)=CCC1c1nc2cc(C(F)(F)F)cnc2[nH]1. The quantitative estimate of drug-likeness (QED) is 0.746. The summed E-state index contributed by atoms with van der Waals surface area (Å²) in [6, 6.07) is 0.736. The number of alkyl halides is 6. The Morgan fingerprint density at radius 1 is 1.18 bits per heavy atom. The number of pyridine rings is 1. The van der Waals surface area contributed by atoms with Crippen molar-refractivity contribution in [1.29, 1.82) is 0 Å². The maximum Gasteiger partial charge on any atom is 0.417 e. The smallest absolute Gasteiger partial charge is 0.326 e. The maximum absolute atomic E-state index is 13.0. The van der Waals surface area contributed by atoms with E-state index >= 15 is 0 Å². The molecule has 0 aliphatic heterocycles. The van der Waals surface area contributed by atoms with Gasteiger partial charge in [-0.3, -0.25) is 0 Å². The molecule has 1 aliphatic carbocycles. The summed E-state index contributed by atoms with van der Waals surface area (Å²) in [6.07, 6.45) is -7.73. The van der Waals surface area contributed by atoms with E-state index in [9.17, 15) is 34.8 Å². The number of H-pyrrole nitrogens is 1. The minimum absolute atomic E-state index is 0.0261. The van der Waals surface area contributed by atoms with E-state index in [0.29, 0.717) is 12.3 Å². The average molecular weight is 425 g/mol. The van der Waals surface area contributed by atoms with Crippen molar-refractivity contribution in [1.82, 2.24) is 15.0 Å². The molecular weight excluding hydrogens is 412 g/mol. The van der Waals surface area contributed by atoms with E-state index in [1.807, 2.05) is 0 Å². The van der Waals surface area contributed by atoms with Gasteiger partial charge in [-0.05, 0) is 18.6 Å². The Morgan fingerprint density at radius 2 is 1.86 bits per heavy atom. The first-order valence-electron chi connectivity index (χ1n) is 7.97. The number of hydrogen-bond acceptors (Lipinski definition) is 4. The summed E-state index contributed by atoms with van der Waals surface area (Å²) in [5, 5.41) is 0. The molecule has 1 N–H and O–H groups in total. The lowest BCUT2D eigenvalue weighted by Gasteiger charge is -2.23. The Labute approximate surface area is 155 Å². The van der Waals surface area contributed by atoms with E-state index in [0.717, 1.165) is 12.1 Å². The zero-order valence-corrected chi connectivity index (χ0v) is 15.0. The molecular formula is C16H13F6N3O2S. The number of rotatable bonds is 3. The fraction of sp³-hybridized carbons (Fsp3) is 0.375. The van der Waals surface area contributed by atoms with Crippen molar-refractivity contribution in [3.05, 3.63) is 46.3 Å². The van der Waals surface area contributed by atoms with E-state index in [2.05, 4.69) is 15.0 Å². The third kappa shape index (κ3) is 3.77. The predicted octanol–water partition coefficient (Wildman–Crippen LogP) is 4.27. The summed E-state index contributed by atoms with van der Waals surface area (Å²) in [5.74, 6) is -1.58. The number of nitrogens with one attached hydrogen (secondary N) is 1. The number of fused-ring (bicyclic) bond motifs is 1. The number of aromatic amines is 1. The van der Waals surface area contributed by atoms with Gasteiger partial charge in [0.25, 0.3) is 0 Å². The molecule has 152 valence electrons. The molecule has 3 rings (SSSR count). The number of sulfone groups is 1. The largest absolute Gasteiger partial charge is 0.417 e. The fourth-order valence-corrected chi connectivity index (χ4v) is 4.11. The van der Waals surface area contributed by atoms with Gasteiger partial charge in [0.2, 0.25) is 0 Å². The van der Waals surface area contributed by atoms with Crippen LogP contribution in [-0.2, 0) is 16.0 Å². The van der Waals surface area contributed by atoms with Crippen LogP contribution in [0.3, 0.4) is 0 Å². The van der Waals surface area contributed by atoms with Crippen LogP contribution in [0, 0.1) is 0 Å². The molecule has 1 unspecified atom stereocenters. The molecule has 0 radical (unpaired) electrons. The van der Waals surface area contributed by atoms with Gasteiger partial charge in [-0.15, -0.1) is 0 Å². The van der Waals surface area contributed by atoms with Gasteiger partial charge in [-0.25, -0.2) is 18.4 Å². The zero-order valence-electron chi connectivity index (χ0n) is 14.2. The average Bonchev–Trinajstić information content (AvgIpc) is 3.02. The lowest BCUT2D eigenvalue weighted by Crippen LogP contribution is -2.21. The number of nitrogens with zero attached hydrogens (tertiary/aromatic N) is 2. The Hall–Kier alpha value is -2.37. The van der Waals surface area contributed by atoms with Crippen molar-refractivity contribution in [2.75, 3.05) is 5.75 Å². The molecule has 0 saturated carbocycles. The van der Waals surface area contributed by atoms with Crippen LogP contribution in [-0.4, -0.2) is 35.3 Å². The van der Waals surface area contributed by atoms with Crippen LogP contribution in [0.4, 0.5) is 26.3 Å². The van der Waals surface area contributed by atoms with Gasteiger partial charge in [-0.2, -0.15) is 26.3 Å². The number of aromatic nitrogens is 3. The van der Waals surface area contributed by atoms with Crippen molar-refractivity contribution in [3.63, 3.8) is 0 Å². The molecule has 1 atom stereocenters. The summed E-state index contributed by atoms with van der Waals surface area (Å²) in [6.45, 7) is 1.29. The van der Waals surface area contributed by atoms with Gasteiger partial charge in [0.15, 0.2) is 15.5 Å². The normalized spacial score (nSPS) is 18.9. The third-order valence-corrected chi connectivity index (χ3v) is 6.17. The number of allylic oxidation sites excluding steroid dienone is 4. The molecule has 0 fully saturated rings. The van der Waals surface area contributed by atoms with Crippen LogP contribution in [0.15, 0.2) is 34.9 Å². The minimum atomic E-state index is -4.73. The van der Waals surface area contributed by atoms with Crippen molar-refractivity contribution < 1.29 is 34.8 Å². The Balaban J connectivity index is 2.09. The molecule has 0 saturated heterocycles. The lowest BCUT2D eigenvalue weighted by atomic mass is 9.95. The minimum Gasteiger partial charge on any atom is -0.326 e. The van der Waals surface area contributed by atoms with Crippen LogP contribution >= 0.6 is 0 Å². The number of halogens is 6. The second-order valence-electron chi connectivity index (χ2n) is 6.11. The maximum atomic E-state index is 13.0. The highest BCUT2D eigenvalue weighted by atomic mass is 32.2. The van der Waals surface area contributed by atoms with Crippen molar-refractivity contribution in [2.24, 2.45) is 0 Å². The number of hydrogen-bond donors (Lipinski definition) is 1. The molecule has 28 heavy (non-hydrogen) atoms. The van der Waals surface area contributed by atoms with E-state index in [1.165, 1.54) is 6.92 Å². The van der Waals surface area contributed by atoms with Gasteiger partial charge in [0.1, 0.15) is 11.3 Å². The van der Waals surface area contributed by atoms with Gasteiger partial charge >= 0.3 is 12.4 Å². The molecule has 2 aromatic rings. The summed E-state index contributed by atoms with van der Waals surface area (Å²) < 4.78 is 102. The van der Waals surface area contributed by atoms with E-state index in [4.69, 9.17) is 0 Å². The highest BCUT2D eigenvalue weighted by molar-refractivity contribution is 7.95. The molecule has 0 amide bonds. The highest BCUT2D eigenvalue weighted by Crippen LogP contribution is 2.40. The summed E-state index contributed by atoms with van der Waals surface area (Å²) in [5.41, 5.74) is -2.33. The standard InChI is InChI=1S/C16H13F6N3O2S/c1-2-28(26,27)12-6-8(15(17,18)19)3-4-10(12)13-24-11-5-9(16(20,21)22)7-23-14(11)25-13/h3,5-7,10H,2,4H2,1H3,(H,23,24,25). The topological polar surface area (TPSA) is 75.7 Å². The van der Waals surface area contributed by atoms with Crippen LogP contribution in [0.1, 0.15) is 30.7 Å². The Bertz CT molecular complexity index is 1080. The van der Waals surface area contributed by atoms with Crippen LogP contribution in [0.5, 0.6) is 0 Å². The fourth-order valence-electron chi connectivity index (χ4n) is 2.82. The van der Waals surface area contributed by atoms with Crippen LogP contribution in [0.25, 0.3) is 11.2 Å². The zero-order chi connectivity index (χ0) is 20.9. The van der Waals surface area contributed by atoms with E-state index in [-0.39, 0.29) is 23.4 Å². The third-order valence-electron chi connectivity index (χ3n) is 4.29. The Kier molecular flexibility index (Phi) is 4.80. The van der Waals surface area contributed by atoms with Crippen LogP contribution in [0.2, 0.25) is 0 Å². The molecule has 2 aromatic heterocycles. The van der Waals surface area contributed by atoms with Crippen molar-refractivity contribution in [2.45, 2.75) is 31.6 Å². The Morgan fingerprint density at radius 3 is 2.43 bits per heavy atom. The van der Waals surface area contributed by atoms with E-state index < -0.39 is 49.9 Å². The summed E-state index contributed by atoms with van der Waals surface area (Å²) in [7, 11) is -4.02. The molecule has 5 nitrogen and oxygen atoms in total. The van der Waals surface area contributed by atoms with Crippen LogP contribution < -0.4 is 0 Å². The van der Waals surface area contributed by atoms with E-state index in [1.54, 1.807) is 0 Å². The van der Waals surface area contributed by atoms with Crippen molar-refractivity contribution in [3.8, 4) is 0 Å².